The van der Waals surface area contributed by atoms with Crippen molar-refractivity contribution in [1.29, 1.82) is 0 Å². The second-order valence-electron chi connectivity index (χ2n) is 5.88. The van der Waals surface area contributed by atoms with Crippen LogP contribution in [0.15, 0.2) is 43.1 Å². The highest BCUT2D eigenvalue weighted by molar-refractivity contribution is 5.03. The lowest BCUT2D eigenvalue weighted by molar-refractivity contribution is 0.239. The van der Waals surface area contributed by atoms with Crippen LogP contribution < -0.4 is 5.32 Å². The van der Waals surface area contributed by atoms with Crippen molar-refractivity contribution < 1.29 is 0 Å². The molecule has 1 N–H and O–H groups in total. The molecule has 0 aliphatic heterocycles. The maximum Gasteiger partial charge on any atom is 0.0946 e. The second kappa shape index (κ2) is 5.97. The topological polar surface area (TPSA) is 42.7 Å². The van der Waals surface area contributed by atoms with Crippen LogP contribution in [0.25, 0.3) is 0 Å². The third kappa shape index (κ3) is 4.17. The molecular formula is C15H22N4. The highest BCUT2D eigenvalue weighted by Crippen LogP contribution is 2.21. The van der Waals surface area contributed by atoms with Gasteiger partial charge in [-0.3, -0.25) is 4.98 Å². The van der Waals surface area contributed by atoms with E-state index in [1.54, 1.807) is 0 Å². The van der Waals surface area contributed by atoms with E-state index in [9.17, 15) is 0 Å². The van der Waals surface area contributed by atoms with Crippen LogP contribution >= 0.6 is 0 Å². The first-order chi connectivity index (χ1) is 9.05. The van der Waals surface area contributed by atoms with E-state index in [0.29, 0.717) is 6.04 Å². The molecule has 0 aliphatic rings. The summed E-state index contributed by atoms with van der Waals surface area (Å²) in [7, 11) is 0. The highest BCUT2D eigenvalue weighted by atomic mass is 15.1. The molecule has 0 saturated carbocycles. The van der Waals surface area contributed by atoms with E-state index in [2.05, 4.69) is 40.6 Å². The first-order valence-electron chi connectivity index (χ1n) is 6.65. The van der Waals surface area contributed by atoms with Gasteiger partial charge in [-0.15, -0.1) is 0 Å². The van der Waals surface area contributed by atoms with Gasteiger partial charge in [-0.05, 0) is 17.5 Å². The fraction of sp³-hybridized carbons (Fsp3) is 0.467. The van der Waals surface area contributed by atoms with Crippen LogP contribution in [0.5, 0.6) is 0 Å². The number of hydrogen-bond donors (Lipinski definition) is 1. The summed E-state index contributed by atoms with van der Waals surface area (Å²) in [6.45, 7) is 8.45. The molecule has 2 aromatic heterocycles. The van der Waals surface area contributed by atoms with Crippen LogP contribution in [0.1, 0.15) is 26.5 Å². The Kier molecular flexibility index (Phi) is 4.32. The Morgan fingerprint density at radius 3 is 2.68 bits per heavy atom. The first kappa shape index (κ1) is 13.7. The van der Waals surface area contributed by atoms with E-state index in [1.807, 2.05) is 43.1 Å². The Labute approximate surface area is 114 Å². The van der Waals surface area contributed by atoms with Gasteiger partial charge in [-0.1, -0.05) is 26.8 Å². The molecule has 2 heterocycles. The van der Waals surface area contributed by atoms with Gasteiger partial charge in [0.15, 0.2) is 0 Å². The van der Waals surface area contributed by atoms with Gasteiger partial charge >= 0.3 is 0 Å². The Hall–Kier alpha value is -1.68. The van der Waals surface area contributed by atoms with Crippen LogP contribution in [0.3, 0.4) is 0 Å². The standard InChI is InChI=1S/C15H22N4/c1-15(2,3)14(11-19-9-8-16-12-19)18-10-13-6-4-5-7-17-13/h4-9,12,14,18H,10-11H2,1-3H3. The van der Waals surface area contributed by atoms with Crippen molar-refractivity contribution in [3.8, 4) is 0 Å². The molecule has 1 unspecified atom stereocenters. The summed E-state index contributed by atoms with van der Waals surface area (Å²) in [5, 5.41) is 3.60. The van der Waals surface area contributed by atoms with Crippen molar-refractivity contribution in [1.82, 2.24) is 19.9 Å². The van der Waals surface area contributed by atoms with Crippen molar-refractivity contribution in [2.75, 3.05) is 0 Å². The van der Waals surface area contributed by atoms with Gasteiger partial charge in [-0.2, -0.15) is 0 Å². The molecular weight excluding hydrogens is 236 g/mol. The Bertz CT molecular complexity index is 471. The summed E-state index contributed by atoms with van der Waals surface area (Å²) in [4.78, 5) is 8.45. The quantitative estimate of drug-likeness (QED) is 0.896. The normalized spacial score (nSPS) is 13.4. The van der Waals surface area contributed by atoms with E-state index >= 15 is 0 Å². The summed E-state index contributed by atoms with van der Waals surface area (Å²) in [6, 6.07) is 6.37. The fourth-order valence-electron chi connectivity index (χ4n) is 1.98. The van der Waals surface area contributed by atoms with Crippen molar-refractivity contribution in [3.05, 3.63) is 48.8 Å². The first-order valence-corrected chi connectivity index (χ1v) is 6.65. The number of rotatable bonds is 5. The molecule has 19 heavy (non-hydrogen) atoms. The average Bonchev–Trinajstić information content (AvgIpc) is 2.87. The fourth-order valence-corrected chi connectivity index (χ4v) is 1.98. The van der Waals surface area contributed by atoms with Crippen molar-refractivity contribution >= 4 is 0 Å². The van der Waals surface area contributed by atoms with Crippen LogP contribution in [0, 0.1) is 5.41 Å². The lowest BCUT2D eigenvalue weighted by Gasteiger charge is -2.32. The highest BCUT2D eigenvalue weighted by Gasteiger charge is 2.24. The summed E-state index contributed by atoms with van der Waals surface area (Å²) in [5.41, 5.74) is 1.25. The molecule has 2 aromatic rings. The summed E-state index contributed by atoms with van der Waals surface area (Å²) in [5.74, 6) is 0. The van der Waals surface area contributed by atoms with Crippen molar-refractivity contribution in [2.45, 2.75) is 39.9 Å². The molecule has 0 spiro atoms. The van der Waals surface area contributed by atoms with E-state index in [-0.39, 0.29) is 5.41 Å². The monoisotopic (exact) mass is 258 g/mol. The largest absolute Gasteiger partial charge is 0.336 e. The molecule has 0 fully saturated rings. The number of pyridine rings is 1. The van der Waals surface area contributed by atoms with Gasteiger partial charge in [0.2, 0.25) is 0 Å². The number of nitrogens with zero attached hydrogens (tertiary/aromatic N) is 3. The van der Waals surface area contributed by atoms with Crippen LogP contribution in [-0.4, -0.2) is 20.6 Å². The Morgan fingerprint density at radius 2 is 2.11 bits per heavy atom. The van der Waals surface area contributed by atoms with Gasteiger partial charge in [-0.25, -0.2) is 4.98 Å². The lowest BCUT2D eigenvalue weighted by atomic mass is 9.86. The molecule has 1 atom stereocenters. The maximum atomic E-state index is 4.35. The molecule has 0 bridgehead atoms. The van der Waals surface area contributed by atoms with Crippen molar-refractivity contribution in [3.63, 3.8) is 0 Å². The third-order valence-corrected chi connectivity index (χ3v) is 3.25. The third-order valence-electron chi connectivity index (χ3n) is 3.25. The number of nitrogens with one attached hydrogen (secondary N) is 1. The molecule has 102 valence electrons. The Balaban J connectivity index is 1.99. The molecule has 0 aliphatic carbocycles. The molecule has 0 radical (unpaired) electrons. The van der Waals surface area contributed by atoms with E-state index in [0.717, 1.165) is 18.8 Å². The minimum absolute atomic E-state index is 0.180. The zero-order valence-electron chi connectivity index (χ0n) is 11.9. The molecule has 4 nitrogen and oxygen atoms in total. The minimum atomic E-state index is 0.180. The Morgan fingerprint density at radius 1 is 1.26 bits per heavy atom. The molecule has 2 rings (SSSR count). The number of hydrogen-bond acceptors (Lipinski definition) is 3. The zero-order chi connectivity index (χ0) is 13.7. The average molecular weight is 258 g/mol. The van der Waals surface area contributed by atoms with Gasteiger partial charge in [0.05, 0.1) is 12.0 Å². The molecule has 0 saturated heterocycles. The molecule has 4 heteroatoms. The predicted octanol–water partition coefficient (Wildman–Crippen LogP) is 2.48. The van der Waals surface area contributed by atoms with Crippen LogP contribution in [0.2, 0.25) is 0 Å². The predicted molar refractivity (Wildman–Crippen MR) is 76.5 cm³/mol. The van der Waals surface area contributed by atoms with E-state index < -0.39 is 0 Å². The van der Waals surface area contributed by atoms with Gasteiger partial charge in [0.25, 0.3) is 0 Å². The van der Waals surface area contributed by atoms with Crippen molar-refractivity contribution in [2.24, 2.45) is 5.41 Å². The van der Waals surface area contributed by atoms with E-state index in [4.69, 9.17) is 0 Å². The SMILES string of the molecule is CC(C)(C)C(Cn1ccnc1)NCc1ccccn1. The van der Waals surface area contributed by atoms with Gasteiger partial charge in [0.1, 0.15) is 0 Å². The summed E-state index contributed by atoms with van der Waals surface area (Å²) < 4.78 is 2.11. The molecule has 0 aromatic carbocycles. The minimum Gasteiger partial charge on any atom is -0.336 e. The second-order valence-corrected chi connectivity index (χ2v) is 5.88. The number of imidazole rings is 1. The summed E-state index contributed by atoms with van der Waals surface area (Å²) in [6.07, 6.45) is 7.51. The van der Waals surface area contributed by atoms with Gasteiger partial charge in [0, 0.05) is 37.7 Å². The number of aromatic nitrogens is 3. The molecule has 0 amide bonds. The lowest BCUT2D eigenvalue weighted by Crippen LogP contribution is -2.43. The van der Waals surface area contributed by atoms with Crippen LogP contribution in [-0.2, 0) is 13.1 Å². The van der Waals surface area contributed by atoms with Crippen LogP contribution in [0.4, 0.5) is 0 Å². The van der Waals surface area contributed by atoms with Gasteiger partial charge < -0.3 is 9.88 Å². The maximum absolute atomic E-state index is 4.35. The smallest absolute Gasteiger partial charge is 0.0946 e. The zero-order valence-corrected chi connectivity index (χ0v) is 11.9. The van der Waals surface area contributed by atoms with E-state index in [1.165, 1.54) is 0 Å². The summed E-state index contributed by atoms with van der Waals surface area (Å²) >= 11 is 0.